The van der Waals surface area contributed by atoms with Crippen LogP contribution in [0, 0.1) is 10.6 Å². The lowest BCUT2D eigenvalue weighted by Crippen LogP contribution is -1.97. The fraction of sp³-hybridized carbons (Fsp3) is 0. The van der Waals surface area contributed by atoms with Crippen LogP contribution in [-0.4, -0.2) is 21.1 Å². The van der Waals surface area contributed by atoms with Crippen molar-refractivity contribution < 1.29 is 4.39 Å². The van der Waals surface area contributed by atoms with Crippen molar-refractivity contribution in [1.82, 2.24) is 14.9 Å². The molecule has 0 unspecified atom stereocenters. The molecule has 3 aromatic rings. The zero-order valence-electron chi connectivity index (χ0n) is 11.2. The highest BCUT2D eigenvalue weighted by atomic mass is 79.9. The minimum atomic E-state index is -0.381. The highest BCUT2D eigenvalue weighted by Crippen LogP contribution is 2.21. The van der Waals surface area contributed by atoms with Gasteiger partial charge in [0.15, 0.2) is 5.82 Å². The van der Waals surface area contributed by atoms with E-state index in [0.29, 0.717) is 16.2 Å². The van der Waals surface area contributed by atoms with Crippen LogP contribution >= 0.6 is 28.1 Å². The summed E-state index contributed by atoms with van der Waals surface area (Å²) in [6, 6.07) is 14.0. The lowest BCUT2D eigenvalue weighted by Gasteiger charge is -2.02. The van der Waals surface area contributed by atoms with Gasteiger partial charge in [0.25, 0.3) is 0 Å². The Hall–Kier alpha value is -2.12. The second-order valence-corrected chi connectivity index (χ2v) is 5.65. The highest BCUT2D eigenvalue weighted by Gasteiger charge is 2.12. The van der Waals surface area contributed by atoms with Crippen LogP contribution in [0.3, 0.4) is 0 Å². The van der Waals surface area contributed by atoms with E-state index in [-0.39, 0.29) is 5.82 Å². The molecule has 0 radical (unpaired) electrons. The fourth-order valence-corrected chi connectivity index (χ4v) is 2.48. The first-order valence-corrected chi connectivity index (χ1v) is 7.58. The lowest BCUT2D eigenvalue weighted by atomic mass is 10.2. The number of benzene rings is 2. The monoisotopic (exact) mass is 376 g/mol. The maximum atomic E-state index is 13.9. The van der Waals surface area contributed by atoms with Gasteiger partial charge >= 0.3 is 0 Å². The molecule has 0 spiro atoms. The number of aromatic nitrogens is 3. The van der Waals surface area contributed by atoms with Crippen molar-refractivity contribution in [3.8, 4) is 11.4 Å². The van der Waals surface area contributed by atoms with Crippen LogP contribution < -0.4 is 0 Å². The number of rotatable bonds is 3. The van der Waals surface area contributed by atoms with Crippen molar-refractivity contribution in [3.63, 3.8) is 0 Å². The first kappa shape index (κ1) is 14.8. The van der Waals surface area contributed by atoms with Crippen LogP contribution in [0.1, 0.15) is 5.56 Å². The summed E-state index contributed by atoms with van der Waals surface area (Å²) in [4.78, 5) is 0. The van der Waals surface area contributed by atoms with Gasteiger partial charge in [0.05, 0.1) is 11.8 Å². The average Bonchev–Trinajstić information content (AvgIpc) is 2.88. The quantitative estimate of drug-likeness (QED) is 0.544. The molecule has 0 saturated heterocycles. The maximum absolute atomic E-state index is 13.9. The first-order chi connectivity index (χ1) is 10.7. The minimum Gasteiger partial charge on any atom is -0.250 e. The first-order valence-electron chi connectivity index (χ1n) is 6.38. The van der Waals surface area contributed by atoms with E-state index in [1.807, 2.05) is 24.3 Å². The van der Waals surface area contributed by atoms with E-state index < -0.39 is 0 Å². The number of hydrogen-bond acceptors (Lipinski definition) is 3. The van der Waals surface area contributed by atoms with E-state index in [4.69, 9.17) is 12.2 Å². The third-order valence-corrected chi connectivity index (χ3v) is 3.97. The molecule has 2 aromatic carbocycles. The molecule has 1 heterocycles. The zero-order chi connectivity index (χ0) is 15.5. The number of aromatic amines is 1. The molecule has 0 aliphatic rings. The van der Waals surface area contributed by atoms with Gasteiger partial charge in [-0.2, -0.15) is 14.9 Å². The average molecular weight is 377 g/mol. The molecular weight excluding hydrogens is 367 g/mol. The predicted octanol–water partition coefficient (Wildman–Crippen LogP) is 4.39. The van der Waals surface area contributed by atoms with Crippen LogP contribution in [0.15, 0.2) is 58.1 Å². The summed E-state index contributed by atoms with van der Waals surface area (Å²) in [5.74, 6) is -0.0553. The molecule has 0 fully saturated rings. The minimum absolute atomic E-state index is 0.293. The van der Waals surface area contributed by atoms with Gasteiger partial charge < -0.3 is 0 Å². The standard InChI is InChI=1S/C15H10BrFN4S/c16-12-7-3-1-5-10(12)9-18-21-14(19-20-15(21)22)11-6-2-4-8-13(11)17/h1-9H,(H,20,22)/b18-9-. The zero-order valence-corrected chi connectivity index (χ0v) is 13.6. The molecule has 7 heteroatoms. The Kier molecular flexibility index (Phi) is 4.26. The van der Waals surface area contributed by atoms with Crippen LogP contribution in [0.4, 0.5) is 4.39 Å². The summed E-state index contributed by atoms with van der Waals surface area (Å²) in [7, 11) is 0. The van der Waals surface area contributed by atoms with Crippen molar-refractivity contribution in [1.29, 1.82) is 0 Å². The molecule has 22 heavy (non-hydrogen) atoms. The highest BCUT2D eigenvalue weighted by molar-refractivity contribution is 9.10. The predicted molar refractivity (Wildman–Crippen MR) is 89.9 cm³/mol. The molecule has 0 atom stereocenters. The summed E-state index contributed by atoms with van der Waals surface area (Å²) >= 11 is 8.61. The largest absolute Gasteiger partial charge is 0.250 e. The fourth-order valence-electron chi connectivity index (χ4n) is 1.92. The SMILES string of the molecule is Fc1ccccc1-c1n[nH]c(=S)n1/N=C\c1ccccc1Br. The van der Waals surface area contributed by atoms with Gasteiger partial charge in [-0.1, -0.05) is 46.3 Å². The summed E-state index contributed by atoms with van der Waals surface area (Å²) in [6.45, 7) is 0. The third kappa shape index (κ3) is 2.90. The Morgan fingerprint density at radius 3 is 2.68 bits per heavy atom. The van der Waals surface area contributed by atoms with Crippen molar-refractivity contribution in [2.75, 3.05) is 0 Å². The number of nitrogens with zero attached hydrogens (tertiary/aromatic N) is 3. The molecule has 3 rings (SSSR count). The Morgan fingerprint density at radius 1 is 1.18 bits per heavy atom. The van der Waals surface area contributed by atoms with Crippen LogP contribution in [0.25, 0.3) is 11.4 Å². The van der Waals surface area contributed by atoms with Crippen LogP contribution in [-0.2, 0) is 0 Å². The van der Waals surface area contributed by atoms with E-state index in [1.54, 1.807) is 24.4 Å². The molecule has 0 aliphatic heterocycles. The van der Waals surface area contributed by atoms with E-state index in [2.05, 4.69) is 31.2 Å². The molecule has 110 valence electrons. The second-order valence-electron chi connectivity index (χ2n) is 4.41. The van der Waals surface area contributed by atoms with Gasteiger partial charge in [0, 0.05) is 10.0 Å². The molecule has 0 amide bonds. The number of hydrogen-bond donors (Lipinski definition) is 1. The van der Waals surface area contributed by atoms with E-state index in [0.717, 1.165) is 10.0 Å². The summed E-state index contributed by atoms with van der Waals surface area (Å²) in [5, 5.41) is 11.0. The van der Waals surface area contributed by atoms with Crippen LogP contribution in [0.5, 0.6) is 0 Å². The smallest absolute Gasteiger partial charge is 0.216 e. The maximum Gasteiger partial charge on any atom is 0.216 e. The molecule has 0 saturated carbocycles. The molecular formula is C15H10BrFN4S. The second kappa shape index (κ2) is 6.33. The van der Waals surface area contributed by atoms with Gasteiger partial charge in [0.1, 0.15) is 5.82 Å². The van der Waals surface area contributed by atoms with E-state index >= 15 is 0 Å². The summed E-state index contributed by atoms with van der Waals surface area (Å²) in [6.07, 6.45) is 1.64. The molecule has 1 N–H and O–H groups in total. The lowest BCUT2D eigenvalue weighted by molar-refractivity contribution is 0.628. The Balaban J connectivity index is 2.06. The Bertz CT molecular complexity index is 900. The molecule has 1 aromatic heterocycles. The molecule has 0 bridgehead atoms. The molecule has 0 aliphatic carbocycles. The Labute approximate surface area is 139 Å². The van der Waals surface area contributed by atoms with Gasteiger partial charge in [-0.15, -0.1) is 0 Å². The summed E-state index contributed by atoms with van der Waals surface area (Å²) < 4.78 is 16.5. The van der Waals surface area contributed by atoms with E-state index in [1.165, 1.54) is 10.7 Å². The van der Waals surface area contributed by atoms with Crippen molar-refractivity contribution >= 4 is 34.4 Å². The van der Waals surface area contributed by atoms with Gasteiger partial charge in [0.2, 0.25) is 4.77 Å². The molecule has 4 nitrogen and oxygen atoms in total. The number of halogens is 2. The van der Waals surface area contributed by atoms with Gasteiger partial charge in [-0.25, -0.2) is 9.49 Å². The Morgan fingerprint density at radius 2 is 1.91 bits per heavy atom. The van der Waals surface area contributed by atoms with Gasteiger partial charge in [-0.05, 0) is 30.4 Å². The van der Waals surface area contributed by atoms with Crippen LogP contribution in [0.2, 0.25) is 0 Å². The third-order valence-electron chi connectivity index (χ3n) is 2.98. The summed E-state index contributed by atoms with van der Waals surface area (Å²) in [5.41, 5.74) is 1.21. The van der Waals surface area contributed by atoms with E-state index in [9.17, 15) is 4.39 Å². The number of H-pyrrole nitrogens is 1. The van der Waals surface area contributed by atoms with Crippen molar-refractivity contribution in [3.05, 3.63) is 69.2 Å². The normalized spacial score (nSPS) is 11.2. The topological polar surface area (TPSA) is 46.0 Å². The van der Waals surface area contributed by atoms with Gasteiger partial charge in [-0.3, -0.25) is 0 Å². The van der Waals surface area contributed by atoms with Crippen molar-refractivity contribution in [2.24, 2.45) is 5.10 Å². The van der Waals surface area contributed by atoms with Crippen molar-refractivity contribution in [2.45, 2.75) is 0 Å². The number of nitrogens with one attached hydrogen (secondary N) is 1.